The van der Waals surface area contributed by atoms with Crippen molar-refractivity contribution in [3.05, 3.63) is 27.5 Å². The van der Waals surface area contributed by atoms with Gasteiger partial charge in [-0.3, -0.25) is 9.36 Å². The highest BCUT2D eigenvalue weighted by atomic mass is 16.1. The minimum atomic E-state index is 0.116. The molecule has 0 fully saturated rings. The molecular formula is C13H21N3O. The van der Waals surface area contributed by atoms with Crippen molar-refractivity contribution in [1.82, 2.24) is 4.57 Å². The lowest BCUT2D eigenvalue weighted by molar-refractivity contribution is 0.736. The summed E-state index contributed by atoms with van der Waals surface area (Å²) in [4.78, 5) is 12.0. The van der Waals surface area contributed by atoms with Crippen LogP contribution in [0.1, 0.15) is 37.3 Å². The van der Waals surface area contributed by atoms with E-state index in [0.29, 0.717) is 12.5 Å². The van der Waals surface area contributed by atoms with E-state index in [1.165, 1.54) is 11.1 Å². The third-order valence-electron chi connectivity index (χ3n) is 3.33. The number of pyridine rings is 1. The van der Waals surface area contributed by atoms with E-state index in [2.05, 4.69) is 19.2 Å². The highest BCUT2D eigenvalue weighted by Gasteiger charge is 2.20. The highest BCUT2D eigenvalue weighted by molar-refractivity contribution is 5.52. The molecule has 0 spiro atoms. The summed E-state index contributed by atoms with van der Waals surface area (Å²) < 4.78 is 1.84. The summed E-state index contributed by atoms with van der Waals surface area (Å²) in [5, 5.41) is 3.34. The first-order valence-electron chi connectivity index (χ1n) is 6.35. The molecule has 1 aliphatic rings. The summed E-state index contributed by atoms with van der Waals surface area (Å²) in [5.41, 5.74) is 8.16. The fraction of sp³-hybridized carbons (Fsp3) is 0.615. The van der Waals surface area contributed by atoms with Gasteiger partial charge >= 0.3 is 0 Å². The molecule has 4 nitrogen and oxygen atoms in total. The lowest BCUT2D eigenvalue weighted by Gasteiger charge is -2.17. The van der Waals surface area contributed by atoms with Crippen molar-refractivity contribution in [1.29, 1.82) is 0 Å². The van der Waals surface area contributed by atoms with Crippen molar-refractivity contribution < 1.29 is 0 Å². The number of nitrogens with two attached hydrogens (primary N) is 1. The van der Waals surface area contributed by atoms with Crippen molar-refractivity contribution >= 4 is 5.82 Å². The average molecular weight is 235 g/mol. The summed E-state index contributed by atoms with van der Waals surface area (Å²) >= 11 is 0. The van der Waals surface area contributed by atoms with Crippen LogP contribution in [0.25, 0.3) is 0 Å². The molecule has 0 saturated carbocycles. The Bertz CT molecular complexity index is 462. The Labute approximate surface area is 102 Å². The number of aromatic nitrogens is 1. The number of nitrogens with zero attached hydrogens (tertiary/aromatic N) is 1. The molecule has 0 atom stereocenters. The SMILES string of the molecule is CC(C)c1cc(=O)n2c(c1CCCN)NCC2. The van der Waals surface area contributed by atoms with Gasteiger partial charge in [0.2, 0.25) is 0 Å². The van der Waals surface area contributed by atoms with Crippen LogP contribution >= 0.6 is 0 Å². The van der Waals surface area contributed by atoms with E-state index in [9.17, 15) is 4.79 Å². The molecule has 1 aromatic rings. The summed E-state index contributed by atoms with van der Waals surface area (Å²) in [7, 11) is 0. The molecule has 94 valence electrons. The van der Waals surface area contributed by atoms with Crippen molar-refractivity contribution in [2.24, 2.45) is 5.73 Å². The second-order valence-corrected chi connectivity index (χ2v) is 4.89. The van der Waals surface area contributed by atoms with Crippen LogP contribution < -0.4 is 16.6 Å². The van der Waals surface area contributed by atoms with Gasteiger partial charge in [0, 0.05) is 19.2 Å². The first kappa shape index (κ1) is 12.2. The van der Waals surface area contributed by atoms with Crippen LogP contribution in [0.3, 0.4) is 0 Å². The molecule has 4 heteroatoms. The Morgan fingerprint density at radius 3 is 2.94 bits per heavy atom. The largest absolute Gasteiger partial charge is 0.369 e. The van der Waals surface area contributed by atoms with E-state index in [1.807, 2.05) is 4.57 Å². The molecule has 0 saturated heterocycles. The van der Waals surface area contributed by atoms with E-state index in [-0.39, 0.29) is 5.56 Å². The van der Waals surface area contributed by atoms with Gasteiger partial charge in [0.25, 0.3) is 5.56 Å². The normalized spacial score (nSPS) is 13.9. The van der Waals surface area contributed by atoms with Crippen LogP contribution in [-0.4, -0.2) is 17.7 Å². The topological polar surface area (TPSA) is 60.0 Å². The Balaban J connectivity index is 2.52. The van der Waals surface area contributed by atoms with E-state index < -0.39 is 0 Å². The zero-order chi connectivity index (χ0) is 12.4. The molecule has 0 radical (unpaired) electrons. The number of fused-ring (bicyclic) bond motifs is 1. The molecule has 1 aromatic heterocycles. The smallest absolute Gasteiger partial charge is 0.252 e. The third-order valence-corrected chi connectivity index (χ3v) is 3.33. The number of hydrogen-bond acceptors (Lipinski definition) is 3. The Hall–Kier alpha value is -1.29. The van der Waals surface area contributed by atoms with Crippen molar-refractivity contribution in [3.8, 4) is 0 Å². The predicted molar refractivity (Wildman–Crippen MR) is 70.7 cm³/mol. The fourth-order valence-electron chi connectivity index (χ4n) is 2.47. The molecule has 0 aromatic carbocycles. The second-order valence-electron chi connectivity index (χ2n) is 4.89. The standard InChI is InChI=1S/C13H21N3O/c1-9(2)11-8-12(17)16-7-6-15-13(16)10(11)4-3-5-14/h8-9,15H,3-7,14H2,1-2H3. The van der Waals surface area contributed by atoms with E-state index in [4.69, 9.17) is 5.73 Å². The van der Waals surface area contributed by atoms with Crippen molar-refractivity contribution in [3.63, 3.8) is 0 Å². The Morgan fingerprint density at radius 1 is 1.53 bits per heavy atom. The number of anilines is 1. The summed E-state index contributed by atoms with van der Waals surface area (Å²) in [6, 6.07) is 1.80. The predicted octanol–water partition coefficient (Wildman–Crippen LogP) is 1.29. The molecule has 2 heterocycles. The number of hydrogen-bond donors (Lipinski definition) is 2. The van der Waals surface area contributed by atoms with Gasteiger partial charge in [-0.2, -0.15) is 0 Å². The van der Waals surface area contributed by atoms with Gasteiger partial charge in [-0.1, -0.05) is 13.8 Å². The van der Waals surface area contributed by atoms with Crippen LogP contribution in [0.15, 0.2) is 10.9 Å². The van der Waals surface area contributed by atoms with Crippen molar-refractivity contribution in [2.45, 2.75) is 39.2 Å². The van der Waals surface area contributed by atoms with Crippen molar-refractivity contribution in [2.75, 3.05) is 18.4 Å². The Morgan fingerprint density at radius 2 is 2.29 bits per heavy atom. The van der Waals surface area contributed by atoms with Crippen LogP contribution in [-0.2, 0) is 13.0 Å². The average Bonchev–Trinajstić information content (AvgIpc) is 2.77. The highest BCUT2D eigenvalue weighted by Crippen LogP contribution is 2.27. The summed E-state index contributed by atoms with van der Waals surface area (Å²) in [6.45, 7) is 6.59. The van der Waals surface area contributed by atoms with E-state index in [1.54, 1.807) is 6.07 Å². The van der Waals surface area contributed by atoms with E-state index >= 15 is 0 Å². The van der Waals surface area contributed by atoms with Crippen LogP contribution in [0.2, 0.25) is 0 Å². The van der Waals surface area contributed by atoms with E-state index in [0.717, 1.165) is 31.7 Å². The molecule has 0 aliphatic carbocycles. The van der Waals surface area contributed by atoms with Crippen LogP contribution in [0.5, 0.6) is 0 Å². The lowest BCUT2D eigenvalue weighted by atomic mass is 9.95. The third kappa shape index (κ3) is 2.22. The van der Waals surface area contributed by atoms with Crippen LogP contribution in [0, 0.1) is 0 Å². The number of nitrogens with one attached hydrogen (secondary N) is 1. The van der Waals surface area contributed by atoms with Gasteiger partial charge in [0.15, 0.2) is 0 Å². The van der Waals surface area contributed by atoms with Gasteiger partial charge in [0.1, 0.15) is 5.82 Å². The maximum Gasteiger partial charge on any atom is 0.252 e. The second kappa shape index (κ2) is 4.92. The monoisotopic (exact) mass is 235 g/mol. The lowest BCUT2D eigenvalue weighted by Crippen LogP contribution is -2.20. The molecule has 0 amide bonds. The zero-order valence-corrected chi connectivity index (χ0v) is 10.6. The summed E-state index contributed by atoms with van der Waals surface area (Å²) in [5.74, 6) is 1.40. The molecule has 1 aliphatic heterocycles. The first-order valence-corrected chi connectivity index (χ1v) is 6.35. The zero-order valence-electron chi connectivity index (χ0n) is 10.6. The van der Waals surface area contributed by atoms with Gasteiger partial charge in [0.05, 0.1) is 0 Å². The Kier molecular flexibility index (Phi) is 3.52. The quantitative estimate of drug-likeness (QED) is 0.826. The summed E-state index contributed by atoms with van der Waals surface area (Å²) in [6.07, 6.45) is 1.92. The van der Waals surface area contributed by atoms with Gasteiger partial charge in [-0.25, -0.2) is 0 Å². The van der Waals surface area contributed by atoms with Gasteiger partial charge in [-0.15, -0.1) is 0 Å². The minimum absolute atomic E-state index is 0.116. The van der Waals surface area contributed by atoms with Gasteiger partial charge < -0.3 is 11.1 Å². The molecule has 17 heavy (non-hydrogen) atoms. The maximum atomic E-state index is 12.0. The molecule has 2 rings (SSSR count). The van der Waals surface area contributed by atoms with Crippen LogP contribution in [0.4, 0.5) is 5.82 Å². The molecule has 3 N–H and O–H groups in total. The maximum absolute atomic E-state index is 12.0. The number of rotatable bonds is 4. The molecular weight excluding hydrogens is 214 g/mol. The molecule has 0 bridgehead atoms. The first-order chi connectivity index (χ1) is 8.15. The van der Waals surface area contributed by atoms with Gasteiger partial charge in [-0.05, 0) is 36.4 Å². The fourth-order valence-corrected chi connectivity index (χ4v) is 2.47. The minimum Gasteiger partial charge on any atom is -0.369 e. The molecule has 0 unspecified atom stereocenters.